The van der Waals surface area contributed by atoms with E-state index >= 15 is 0 Å². The number of nitrogens with zero attached hydrogens (tertiary/aromatic N) is 3. The lowest BCUT2D eigenvalue weighted by atomic mass is 10.2. The number of nitrogens with two attached hydrogens (primary N) is 1. The molecule has 2 aromatic rings. The van der Waals surface area contributed by atoms with Gasteiger partial charge >= 0.3 is 0 Å². The van der Waals surface area contributed by atoms with E-state index < -0.39 is 0 Å². The standard InChI is InChI=1S/C15H18N4O2/c1-19(10-11-4-3-5-13(8-11)21-2)14-9-12(6-7-17-14)15(16)18-20/h3-9,20H,10H2,1-2H3,(H2,16,18). The summed E-state index contributed by atoms with van der Waals surface area (Å²) in [7, 11) is 3.57. The topological polar surface area (TPSA) is 84.0 Å². The Morgan fingerprint density at radius 1 is 1.38 bits per heavy atom. The molecule has 110 valence electrons. The van der Waals surface area contributed by atoms with Gasteiger partial charge in [-0.25, -0.2) is 4.98 Å². The molecule has 2 rings (SSSR count). The SMILES string of the molecule is COc1cccc(CN(C)c2cc(C(N)=NO)ccn2)c1. The van der Waals surface area contributed by atoms with Crippen LogP contribution < -0.4 is 15.4 Å². The molecule has 1 heterocycles. The summed E-state index contributed by atoms with van der Waals surface area (Å²) >= 11 is 0. The number of hydrogen-bond acceptors (Lipinski definition) is 5. The van der Waals surface area contributed by atoms with Crippen LogP contribution in [-0.2, 0) is 6.54 Å². The average molecular weight is 286 g/mol. The number of oxime groups is 1. The fraction of sp³-hybridized carbons (Fsp3) is 0.200. The lowest BCUT2D eigenvalue weighted by Gasteiger charge is -2.19. The lowest BCUT2D eigenvalue weighted by Crippen LogP contribution is -2.19. The monoisotopic (exact) mass is 286 g/mol. The Morgan fingerprint density at radius 2 is 2.19 bits per heavy atom. The summed E-state index contributed by atoms with van der Waals surface area (Å²) in [5.41, 5.74) is 7.32. The molecule has 1 aromatic carbocycles. The van der Waals surface area contributed by atoms with E-state index in [1.54, 1.807) is 25.4 Å². The molecule has 0 aliphatic carbocycles. The van der Waals surface area contributed by atoms with Gasteiger partial charge in [-0.05, 0) is 29.8 Å². The zero-order valence-corrected chi connectivity index (χ0v) is 12.0. The Bertz CT molecular complexity index is 643. The molecule has 0 atom stereocenters. The highest BCUT2D eigenvalue weighted by Gasteiger charge is 2.07. The third-order valence-corrected chi connectivity index (χ3v) is 3.09. The van der Waals surface area contributed by atoms with Crippen LogP contribution >= 0.6 is 0 Å². The molecule has 21 heavy (non-hydrogen) atoms. The summed E-state index contributed by atoms with van der Waals surface area (Å²) in [6.45, 7) is 0.670. The van der Waals surface area contributed by atoms with Gasteiger partial charge in [-0.3, -0.25) is 0 Å². The largest absolute Gasteiger partial charge is 0.497 e. The van der Waals surface area contributed by atoms with Gasteiger partial charge < -0.3 is 20.6 Å². The van der Waals surface area contributed by atoms with Crippen molar-refractivity contribution in [2.45, 2.75) is 6.54 Å². The van der Waals surface area contributed by atoms with E-state index in [1.165, 1.54) is 0 Å². The minimum atomic E-state index is 0.0634. The molecule has 1 aromatic heterocycles. The molecule has 0 aliphatic rings. The van der Waals surface area contributed by atoms with Gasteiger partial charge in [0.2, 0.25) is 0 Å². The third kappa shape index (κ3) is 3.62. The van der Waals surface area contributed by atoms with E-state index in [2.05, 4.69) is 10.1 Å². The number of aromatic nitrogens is 1. The number of anilines is 1. The highest BCUT2D eigenvalue weighted by molar-refractivity contribution is 5.97. The highest BCUT2D eigenvalue weighted by Crippen LogP contribution is 2.17. The maximum absolute atomic E-state index is 8.73. The summed E-state index contributed by atoms with van der Waals surface area (Å²) in [6.07, 6.45) is 1.63. The number of hydrogen-bond donors (Lipinski definition) is 2. The number of ether oxygens (including phenoxy) is 1. The maximum atomic E-state index is 8.73. The Morgan fingerprint density at radius 3 is 2.90 bits per heavy atom. The highest BCUT2D eigenvalue weighted by atomic mass is 16.5. The van der Waals surface area contributed by atoms with Crippen LogP contribution in [0.25, 0.3) is 0 Å². The van der Waals surface area contributed by atoms with Crippen LogP contribution in [0.2, 0.25) is 0 Å². The van der Waals surface area contributed by atoms with Gasteiger partial charge in [0.25, 0.3) is 0 Å². The number of amidine groups is 1. The Kier molecular flexibility index (Phi) is 4.61. The number of pyridine rings is 1. The van der Waals surface area contributed by atoms with E-state index in [1.807, 2.05) is 36.2 Å². The van der Waals surface area contributed by atoms with E-state index in [9.17, 15) is 0 Å². The van der Waals surface area contributed by atoms with Gasteiger partial charge in [-0.2, -0.15) is 0 Å². The van der Waals surface area contributed by atoms with E-state index in [-0.39, 0.29) is 5.84 Å². The smallest absolute Gasteiger partial charge is 0.170 e. The number of benzene rings is 1. The first-order valence-corrected chi connectivity index (χ1v) is 6.42. The van der Waals surface area contributed by atoms with Crippen LogP contribution in [0.4, 0.5) is 5.82 Å². The Hall–Kier alpha value is -2.76. The Labute approximate surface area is 123 Å². The molecule has 0 radical (unpaired) electrons. The molecule has 0 fully saturated rings. The van der Waals surface area contributed by atoms with E-state index in [4.69, 9.17) is 15.7 Å². The summed E-state index contributed by atoms with van der Waals surface area (Å²) in [6, 6.07) is 11.3. The molecule has 0 saturated carbocycles. The second-order valence-corrected chi connectivity index (χ2v) is 4.60. The molecule has 0 amide bonds. The zero-order chi connectivity index (χ0) is 15.2. The quantitative estimate of drug-likeness (QED) is 0.379. The van der Waals surface area contributed by atoms with Crippen molar-refractivity contribution in [3.63, 3.8) is 0 Å². The molecule has 0 spiro atoms. The Balaban J connectivity index is 2.18. The van der Waals surface area contributed by atoms with E-state index in [0.717, 1.165) is 17.1 Å². The third-order valence-electron chi connectivity index (χ3n) is 3.09. The predicted molar refractivity (Wildman–Crippen MR) is 81.8 cm³/mol. The molecule has 0 saturated heterocycles. The van der Waals surface area contributed by atoms with Crippen molar-refractivity contribution < 1.29 is 9.94 Å². The summed E-state index contributed by atoms with van der Waals surface area (Å²) < 4.78 is 5.21. The molecular formula is C15H18N4O2. The summed E-state index contributed by atoms with van der Waals surface area (Å²) in [5, 5.41) is 11.7. The second-order valence-electron chi connectivity index (χ2n) is 4.60. The van der Waals surface area contributed by atoms with Crippen LogP contribution in [0, 0.1) is 0 Å². The van der Waals surface area contributed by atoms with Gasteiger partial charge in [0, 0.05) is 25.4 Å². The minimum Gasteiger partial charge on any atom is -0.497 e. The van der Waals surface area contributed by atoms with Crippen molar-refractivity contribution in [3.8, 4) is 5.75 Å². The normalized spacial score (nSPS) is 11.2. The van der Waals surface area contributed by atoms with Gasteiger partial charge in [-0.1, -0.05) is 17.3 Å². The molecule has 0 bridgehead atoms. The first-order valence-electron chi connectivity index (χ1n) is 6.42. The lowest BCUT2D eigenvalue weighted by molar-refractivity contribution is 0.318. The van der Waals surface area contributed by atoms with Crippen LogP contribution in [-0.4, -0.2) is 30.2 Å². The molecule has 6 heteroatoms. The fourth-order valence-electron chi connectivity index (χ4n) is 1.97. The molecule has 6 nitrogen and oxygen atoms in total. The molecule has 0 aliphatic heterocycles. The number of methoxy groups -OCH3 is 1. The molecule has 3 N–H and O–H groups in total. The van der Waals surface area contributed by atoms with Crippen LogP contribution in [0.15, 0.2) is 47.8 Å². The summed E-state index contributed by atoms with van der Waals surface area (Å²) in [5.74, 6) is 1.62. The van der Waals surface area contributed by atoms with Crippen LogP contribution in [0.3, 0.4) is 0 Å². The summed E-state index contributed by atoms with van der Waals surface area (Å²) in [4.78, 5) is 6.27. The van der Waals surface area contributed by atoms with Crippen molar-refractivity contribution in [2.24, 2.45) is 10.9 Å². The maximum Gasteiger partial charge on any atom is 0.170 e. The van der Waals surface area contributed by atoms with Crippen molar-refractivity contribution in [1.82, 2.24) is 4.98 Å². The first-order chi connectivity index (χ1) is 10.1. The predicted octanol–water partition coefficient (Wildman–Crippen LogP) is 1.82. The van der Waals surface area contributed by atoms with Crippen molar-refractivity contribution >= 4 is 11.7 Å². The van der Waals surface area contributed by atoms with Crippen LogP contribution in [0.1, 0.15) is 11.1 Å². The second kappa shape index (κ2) is 6.60. The van der Waals surface area contributed by atoms with Gasteiger partial charge in [0.05, 0.1) is 7.11 Å². The van der Waals surface area contributed by atoms with Crippen LogP contribution in [0.5, 0.6) is 5.75 Å². The van der Waals surface area contributed by atoms with Crippen molar-refractivity contribution in [1.29, 1.82) is 0 Å². The van der Waals surface area contributed by atoms with Gasteiger partial charge in [-0.15, -0.1) is 0 Å². The van der Waals surface area contributed by atoms with E-state index in [0.29, 0.717) is 12.1 Å². The van der Waals surface area contributed by atoms with Gasteiger partial charge in [0.1, 0.15) is 11.6 Å². The van der Waals surface area contributed by atoms with Crippen molar-refractivity contribution in [2.75, 3.05) is 19.1 Å². The average Bonchev–Trinajstić information content (AvgIpc) is 2.54. The fourth-order valence-corrected chi connectivity index (χ4v) is 1.97. The molecule has 0 unspecified atom stereocenters. The number of rotatable bonds is 5. The van der Waals surface area contributed by atoms with Crippen molar-refractivity contribution in [3.05, 3.63) is 53.7 Å². The van der Waals surface area contributed by atoms with Gasteiger partial charge in [0.15, 0.2) is 5.84 Å². The minimum absolute atomic E-state index is 0.0634. The zero-order valence-electron chi connectivity index (χ0n) is 12.0. The molecular weight excluding hydrogens is 268 g/mol. The first kappa shape index (κ1) is 14.6.